The van der Waals surface area contributed by atoms with Crippen molar-refractivity contribution in [1.82, 2.24) is 0 Å². The van der Waals surface area contributed by atoms with Gasteiger partial charge in [-0.2, -0.15) is 8.67 Å². The zero-order chi connectivity index (χ0) is 35.1. The third-order valence-corrected chi connectivity index (χ3v) is 15.4. The number of benzene rings is 6. The quantitative estimate of drug-likeness (QED) is 0.0423. The van der Waals surface area contributed by atoms with Crippen LogP contribution in [0.4, 0.5) is 0 Å². The van der Waals surface area contributed by atoms with Crippen molar-refractivity contribution in [3.05, 3.63) is 181 Å². The molecule has 0 atom stereocenters. The van der Waals surface area contributed by atoms with E-state index in [2.05, 4.69) is 164 Å². The van der Waals surface area contributed by atoms with E-state index < -0.39 is 15.8 Å². The van der Waals surface area contributed by atoms with Gasteiger partial charge in [0, 0.05) is 9.79 Å². The normalized spacial score (nSPS) is 11.2. The molecule has 0 saturated heterocycles. The molecular weight excluding hydrogens is 761 g/mol. The van der Waals surface area contributed by atoms with Crippen LogP contribution in [0.1, 0.15) is 11.1 Å². The van der Waals surface area contributed by atoms with Crippen molar-refractivity contribution in [2.24, 2.45) is 5.41 Å². The molecule has 12 heteroatoms. The first-order chi connectivity index (χ1) is 25.1. The van der Waals surface area contributed by atoms with Gasteiger partial charge in [-0.15, -0.1) is 0 Å². The van der Waals surface area contributed by atoms with Crippen molar-refractivity contribution in [3.63, 3.8) is 0 Å². The van der Waals surface area contributed by atoms with Crippen molar-refractivity contribution in [2.75, 3.05) is 12.3 Å². The molecule has 6 aromatic rings. The summed E-state index contributed by atoms with van der Waals surface area (Å²) in [5, 5.41) is 33.6. The van der Waals surface area contributed by atoms with Gasteiger partial charge >= 0.3 is 59.1 Å². The molecule has 0 N–H and O–H groups in total. The zero-order valence-electron chi connectivity index (χ0n) is 29.7. The summed E-state index contributed by atoms with van der Waals surface area (Å²) in [6, 6.07) is 60.1. The second-order valence-electron chi connectivity index (χ2n) is 12.1. The average Bonchev–Trinajstić information content (AvgIpc) is 3.20. The van der Waals surface area contributed by atoms with Gasteiger partial charge in [0.05, 0.1) is 24.1 Å². The van der Waals surface area contributed by atoms with Gasteiger partial charge < -0.3 is 10.5 Å². The number of rotatable bonds is 18. The van der Waals surface area contributed by atoms with Crippen LogP contribution in [-0.2, 0) is 31.6 Å². The molecule has 260 valence electrons. The zero-order valence-corrected chi connectivity index (χ0v) is 37.1. The molecule has 0 fully saturated rings. The molecule has 0 amide bonds. The van der Waals surface area contributed by atoms with Gasteiger partial charge in [0.1, 0.15) is 0 Å². The Hall–Kier alpha value is -1.36. The smallest absolute Gasteiger partial charge is 0.691 e. The van der Waals surface area contributed by atoms with Crippen LogP contribution in [-0.4, -0.2) is 12.3 Å². The van der Waals surface area contributed by atoms with Crippen molar-refractivity contribution in [2.45, 2.75) is 22.6 Å². The summed E-state index contributed by atoms with van der Waals surface area (Å²) in [7, 11) is -1.54. The maximum atomic E-state index is 10.5. The number of hydrogen-bond acceptors (Lipinski definition) is 8. The fourth-order valence-electron chi connectivity index (χ4n) is 6.40. The van der Waals surface area contributed by atoms with Gasteiger partial charge in [0.2, 0.25) is 0 Å². The molecule has 0 saturated carbocycles. The summed E-state index contributed by atoms with van der Waals surface area (Å²) in [6.45, 7) is 0. The topological polar surface area (TPSA) is 83.0 Å². The molecule has 0 aromatic heterocycles. The first-order valence-electron chi connectivity index (χ1n) is 16.3. The Morgan fingerprint density at radius 1 is 0.415 bits per heavy atom. The van der Waals surface area contributed by atoms with Crippen LogP contribution in [0.25, 0.3) is 0 Å². The number of hydrogen-bond donors (Lipinski definition) is 0. The molecule has 53 heavy (non-hydrogen) atoms. The third kappa shape index (κ3) is 13.4. The Kier molecular flexibility index (Phi) is 19.8. The van der Waals surface area contributed by atoms with Crippen LogP contribution in [0.5, 0.6) is 0 Å². The van der Waals surface area contributed by atoms with Gasteiger partial charge in [-0.25, -0.2) is 0 Å². The molecule has 0 heterocycles. The predicted molar refractivity (Wildman–Crippen MR) is 207 cm³/mol. The van der Waals surface area contributed by atoms with Crippen LogP contribution in [0.3, 0.4) is 0 Å². The SMILES string of the molecule is [Na+].[Na+].[O-]OOSc1ccc(CC(Cc2ccc(SOO[O-])cc2)(CP(c2ccccc2)c2ccccc2)CP(c2ccccc2)c2ccccc2)cc1. The maximum absolute atomic E-state index is 10.5. The molecule has 6 aromatic carbocycles. The largest absolute Gasteiger partial charge is 1.00 e. The van der Waals surface area contributed by atoms with Crippen LogP contribution < -0.4 is 90.8 Å². The first kappa shape index (κ1) is 44.4. The van der Waals surface area contributed by atoms with E-state index in [0.29, 0.717) is 0 Å². The van der Waals surface area contributed by atoms with Crippen LogP contribution in [0.2, 0.25) is 0 Å². The van der Waals surface area contributed by atoms with Crippen molar-refractivity contribution in [3.8, 4) is 0 Å². The van der Waals surface area contributed by atoms with Gasteiger partial charge in [0.25, 0.3) is 0 Å². The first-order valence-corrected chi connectivity index (χ1v) is 20.9. The monoisotopic (exact) mass is 796 g/mol. The summed E-state index contributed by atoms with van der Waals surface area (Å²) >= 11 is 1.80. The van der Waals surface area contributed by atoms with Gasteiger partial charge in [-0.1, -0.05) is 146 Å². The minimum atomic E-state index is -0.768. The average molecular weight is 797 g/mol. The fraction of sp³-hybridized carbons (Fsp3) is 0.122. The Labute approximate surface area is 367 Å². The van der Waals surface area contributed by atoms with Gasteiger partial charge in [-0.3, -0.25) is 10.1 Å². The van der Waals surface area contributed by atoms with E-state index in [9.17, 15) is 10.5 Å². The second-order valence-corrected chi connectivity index (χ2v) is 18.1. The van der Waals surface area contributed by atoms with Crippen LogP contribution in [0, 0.1) is 5.41 Å². The molecule has 0 bridgehead atoms. The Bertz CT molecular complexity index is 1660. The summed E-state index contributed by atoms with van der Waals surface area (Å²) in [6.07, 6.45) is 3.53. The Morgan fingerprint density at radius 2 is 0.698 bits per heavy atom. The van der Waals surface area contributed by atoms with E-state index in [-0.39, 0.29) is 64.5 Å². The van der Waals surface area contributed by atoms with E-state index in [1.54, 1.807) is 0 Å². The van der Waals surface area contributed by atoms with E-state index in [0.717, 1.165) is 59.0 Å². The molecule has 0 unspecified atom stereocenters. The molecule has 6 nitrogen and oxygen atoms in total. The molecule has 0 aliphatic heterocycles. The van der Waals surface area contributed by atoms with Crippen LogP contribution >= 0.6 is 39.9 Å². The predicted octanol–water partition coefficient (Wildman–Crippen LogP) is 1.19. The minimum Gasteiger partial charge on any atom is -0.691 e. The van der Waals surface area contributed by atoms with Crippen molar-refractivity contribution in [1.29, 1.82) is 0 Å². The summed E-state index contributed by atoms with van der Waals surface area (Å²) in [4.78, 5) is 1.56. The van der Waals surface area contributed by atoms with E-state index in [4.69, 9.17) is 0 Å². The van der Waals surface area contributed by atoms with E-state index >= 15 is 0 Å². The Morgan fingerprint density at radius 3 is 0.962 bits per heavy atom. The summed E-state index contributed by atoms with van der Waals surface area (Å²) < 4.78 is 9.21. The van der Waals surface area contributed by atoms with Gasteiger partial charge in [0.15, 0.2) is 0 Å². The van der Waals surface area contributed by atoms with Gasteiger partial charge in [-0.05, 0) is 103 Å². The fourth-order valence-corrected chi connectivity index (χ4v) is 12.8. The summed E-state index contributed by atoms with van der Waals surface area (Å²) in [5.41, 5.74) is 2.17. The standard InChI is InChI=1S/C41H38O6P2S2.2Na/c42-44-46-50-39-25-21-33(22-26-39)29-41(30-34-23-27-40(28-24-34)51-47-45-43,31-48(35-13-5-1-6-14-35)36-15-7-2-8-16-36)32-49(37-17-9-3-10-18-37)38-19-11-4-12-20-38;;/h1-28,42-43H,29-32H2;;/q;2*+1/p-2. The third-order valence-electron chi connectivity index (χ3n) is 8.58. The minimum absolute atomic E-state index is 0. The molecule has 0 spiro atoms. The van der Waals surface area contributed by atoms with Crippen molar-refractivity contribution < 1.29 is 88.4 Å². The molecule has 0 radical (unpaired) electrons. The second kappa shape index (κ2) is 23.6. The maximum Gasteiger partial charge on any atom is 1.00 e. The molecular formula is C41H36Na2O6P2S2. The van der Waals surface area contributed by atoms with E-state index in [1.807, 2.05) is 24.3 Å². The van der Waals surface area contributed by atoms with E-state index in [1.165, 1.54) is 32.3 Å². The summed E-state index contributed by atoms with van der Waals surface area (Å²) in [5.74, 6) is 0. The van der Waals surface area contributed by atoms with Crippen LogP contribution in [0.15, 0.2) is 180 Å². The Balaban J connectivity index is 0.00000314. The van der Waals surface area contributed by atoms with Crippen molar-refractivity contribution >= 4 is 61.1 Å². The molecule has 0 aliphatic rings. The molecule has 0 aliphatic carbocycles. The molecule has 6 rings (SSSR count).